The van der Waals surface area contributed by atoms with Gasteiger partial charge < -0.3 is 9.84 Å². The number of carbonyl (C=O) groups is 1. The van der Waals surface area contributed by atoms with Crippen LogP contribution in [0, 0.1) is 0 Å². The van der Waals surface area contributed by atoms with Gasteiger partial charge in [-0.05, 0) is 26.0 Å². The molecular weight excluding hydrogens is 282 g/mol. The molecule has 7 nitrogen and oxygen atoms in total. The molecule has 1 N–H and O–H groups in total. The highest BCUT2D eigenvalue weighted by Crippen LogP contribution is 2.17. The molecule has 1 fully saturated rings. The van der Waals surface area contributed by atoms with E-state index in [1.807, 2.05) is 12.1 Å². The minimum atomic E-state index is -0.268. The molecule has 0 saturated carbocycles. The largest absolute Gasteiger partial charge is 0.353 e. The van der Waals surface area contributed by atoms with Crippen LogP contribution in [0.15, 0.2) is 29.0 Å². The van der Waals surface area contributed by atoms with Gasteiger partial charge in [0.2, 0.25) is 17.6 Å². The van der Waals surface area contributed by atoms with Crippen LogP contribution in [0.1, 0.15) is 19.7 Å². The second-order valence-corrected chi connectivity index (χ2v) is 5.60. The molecule has 0 bridgehead atoms. The molecule has 1 amide bonds. The second-order valence-electron chi connectivity index (χ2n) is 5.60. The molecule has 22 heavy (non-hydrogen) atoms. The molecule has 3 heterocycles. The molecule has 1 saturated heterocycles. The number of aromatic nitrogens is 3. The molecule has 2 aromatic heterocycles. The first-order valence-electron chi connectivity index (χ1n) is 7.41. The topological polar surface area (TPSA) is 84.2 Å². The first kappa shape index (κ1) is 14.6. The van der Waals surface area contributed by atoms with E-state index < -0.39 is 0 Å². The molecule has 1 aliphatic heterocycles. The fraction of sp³-hybridized carbons (Fsp3) is 0.467. The Morgan fingerprint density at radius 2 is 2.36 bits per heavy atom. The first-order valence-corrected chi connectivity index (χ1v) is 7.41. The number of pyridine rings is 1. The molecule has 3 rings (SSSR count). The van der Waals surface area contributed by atoms with E-state index in [1.54, 1.807) is 12.4 Å². The Bertz CT molecular complexity index is 640. The van der Waals surface area contributed by atoms with E-state index in [4.69, 9.17) is 4.52 Å². The van der Waals surface area contributed by atoms with Gasteiger partial charge in [-0.1, -0.05) is 5.16 Å². The van der Waals surface area contributed by atoms with Crippen molar-refractivity contribution in [3.05, 3.63) is 30.4 Å². The molecule has 0 unspecified atom stereocenters. The fourth-order valence-electron chi connectivity index (χ4n) is 2.68. The van der Waals surface area contributed by atoms with Crippen molar-refractivity contribution in [1.82, 2.24) is 25.3 Å². The van der Waals surface area contributed by atoms with E-state index in [-0.39, 0.29) is 18.0 Å². The normalized spacial score (nSPS) is 19.4. The Morgan fingerprint density at radius 3 is 3.09 bits per heavy atom. The quantitative estimate of drug-likeness (QED) is 0.902. The van der Waals surface area contributed by atoms with Gasteiger partial charge in [0.15, 0.2) is 0 Å². The van der Waals surface area contributed by atoms with Crippen molar-refractivity contribution in [2.45, 2.75) is 32.4 Å². The number of carbonyl (C=O) groups excluding carboxylic acids is 1. The van der Waals surface area contributed by atoms with Crippen molar-refractivity contribution in [2.24, 2.45) is 0 Å². The van der Waals surface area contributed by atoms with Gasteiger partial charge in [0.25, 0.3) is 0 Å². The molecule has 1 atom stereocenters. The number of hydrogen-bond acceptors (Lipinski definition) is 6. The lowest BCUT2D eigenvalue weighted by Crippen LogP contribution is -2.58. The van der Waals surface area contributed by atoms with E-state index in [1.165, 1.54) is 0 Å². The van der Waals surface area contributed by atoms with Crippen molar-refractivity contribution < 1.29 is 9.32 Å². The molecule has 0 spiro atoms. The molecule has 7 heteroatoms. The van der Waals surface area contributed by atoms with Crippen molar-refractivity contribution in [2.75, 3.05) is 13.1 Å². The third-order valence-electron chi connectivity index (χ3n) is 3.79. The summed E-state index contributed by atoms with van der Waals surface area (Å²) in [6.45, 7) is 5.68. The Kier molecular flexibility index (Phi) is 4.15. The average molecular weight is 301 g/mol. The smallest absolute Gasteiger partial charge is 0.237 e. The summed E-state index contributed by atoms with van der Waals surface area (Å²) < 4.78 is 5.30. The predicted molar refractivity (Wildman–Crippen MR) is 79.9 cm³/mol. The van der Waals surface area contributed by atoms with Crippen LogP contribution in [0.4, 0.5) is 0 Å². The maximum atomic E-state index is 12.1. The minimum Gasteiger partial charge on any atom is -0.353 e. The number of amides is 1. The van der Waals surface area contributed by atoms with Gasteiger partial charge in [-0.15, -0.1) is 0 Å². The number of piperazine rings is 1. The molecule has 0 aromatic carbocycles. The van der Waals surface area contributed by atoms with Crippen LogP contribution in [-0.4, -0.2) is 51.1 Å². The summed E-state index contributed by atoms with van der Waals surface area (Å²) in [4.78, 5) is 22.7. The van der Waals surface area contributed by atoms with Crippen LogP contribution in [0.2, 0.25) is 0 Å². The van der Waals surface area contributed by atoms with Crippen LogP contribution in [0.25, 0.3) is 11.4 Å². The van der Waals surface area contributed by atoms with Gasteiger partial charge in [0, 0.05) is 37.1 Å². The molecule has 2 aromatic rings. The molecule has 116 valence electrons. The third-order valence-corrected chi connectivity index (χ3v) is 3.79. The molecular formula is C15H19N5O2. The Morgan fingerprint density at radius 1 is 1.50 bits per heavy atom. The molecule has 0 radical (unpaired) electrons. The summed E-state index contributed by atoms with van der Waals surface area (Å²) in [6.07, 6.45) is 3.79. The van der Waals surface area contributed by atoms with Crippen LogP contribution in [0.5, 0.6) is 0 Å². The summed E-state index contributed by atoms with van der Waals surface area (Å²) in [5, 5.41) is 6.87. The summed E-state index contributed by atoms with van der Waals surface area (Å²) in [5.41, 5.74) is 0.798. The second kappa shape index (κ2) is 6.23. The first-order chi connectivity index (χ1) is 10.6. The predicted octanol–water partition coefficient (Wildman–Crippen LogP) is 0.883. The van der Waals surface area contributed by atoms with E-state index in [0.717, 1.165) is 12.1 Å². The van der Waals surface area contributed by atoms with Gasteiger partial charge in [-0.25, -0.2) is 0 Å². The molecule has 1 aliphatic rings. The van der Waals surface area contributed by atoms with E-state index in [2.05, 4.69) is 39.2 Å². The zero-order chi connectivity index (χ0) is 15.5. The van der Waals surface area contributed by atoms with E-state index in [9.17, 15) is 4.79 Å². The summed E-state index contributed by atoms with van der Waals surface area (Å²) in [7, 11) is 0. The Balaban J connectivity index is 1.77. The van der Waals surface area contributed by atoms with E-state index in [0.29, 0.717) is 24.7 Å². The maximum absolute atomic E-state index is 12.1. The summed E-state index contributed by atoms with van der Waals surface area (Å²) >= 11 is 0. The van der Waals surface area contributed by atoms with E-state index >= 15 is 0 Å². The standard InChI is InChI=1S/C15H19N5O2/c1-10(2)20-7-6-17-15(21)12(20)8-13-18-14(19-22-13)11-4-3-5-16-9-11/h3-5,9-10,12H,6-8H2,1-2H3,(H,17,21)/t12-/m1/s1. The highest BCUT2D eigenvalue weighted by molar-refractivity contribution is 5.82. The zero-order valence-corrected chi connectivity index (χ0v) is 12.7. The van der Waals surface area contributed by atoms with Crippen LogP contribution < -0.4 is 5.32 Å². The van der Waals surface area contributed by atoms with Gasteiger partial charge in [0.1, 0.15) is 0 Å². The van der Waals surface area contributed by atoms with Gasteiger partial charge in [-0.2, -0.15) is 4.98 Å². The number of hydrogen-bond donors (Lipinski definition) is 1. The summed E-state index contributed by atoms with van der Waals surface area (Å²) in [6, 6.07) is 3.71. The monoisotopic (exact) mass is 301 g/mol. The third kappa shape index (κ3) is 2.99. The number of nitrogens with zero attached hydrogens (tertiary/aromatic N) is 4. The Labute approximate surface area is 128 Å². The fourth-order valence-corrected chi connectivity index (χ4v) is 2.68. The van der Waals surface area contributed by atoms with Crippen LogP contribution in [-0.2, 0) is 11.2 Å². The average Bonchev–Trinajstić information content (AvgIpc) is 2.98. The van der Waals surface area contributed by atoms with Gasteiger partial charge >= 0.3 is 0 Å². The minimum absolute atomic E-state index is 0.0149. The lowest BCUT2D eigenvalue weighted by atomic mass is 10.1. The lowest BCUT2D eigenvalue weighted by molar-refractivity contribution is -0.130. The van der Waals surface area contributed by atoms with Crippen molar-refractivity contribution >= 4 is 5.91 Å². The summed E-state index contributed by atoms with van der Waals surface area (Å²) in [5.74, 6) is 0.975. The van der Waals surface area contributed by atoms with Crippen LogP contribution >= 0.6 is 0 Å². The number of nitrogens with one attached hydrogen (secondary N) is 1. The number of rotatable bonds is 4. The van der Waals surface area contributed by atoms with Crippen molar-refractivity contribution in [3.8, 4) is 11.4 Å². The molecule has 0 aliphatic carbocycles. The highest BCUT2D eigenvalue weighted by atomic mass is 16.5. The Hall–Kier alpha value is -2.28. The SMILES string of the molecule is CC(C)N1CCNC(=O)[C@H]1Cc1nc(-c2cccnc2)no1. The van der Waals surface area contributed by atoms with Crippen LogP contribution in [0.3, 0.4) is 0 Å². The highest BCUT2D eigenvalue weighted by Gasteiger charge is 2.32. The van der Waals surface area contributed by atoms with Crippen molar-refractivity contribution in [3.63, 3.8) is 0 Å². The van der Waals surface area contributed by atoms with Gasteiger partial charge in [-0.3, -0.25) is 14.7 Å². The maximum Gasteiger partial charge on any atom is 0.237 e. The lowest BCUT2D eigenvalue weighted by Gasteiger charge is -2.37. The van der Waals surface area contributed by atoms with Crippen molar-refractivity contribution in [1.29, 1.82) is 0 Å². The van der Waals surface area contributed by atoms with Gasteiger partial charge in [0.05, 0.1) is 12.5 Å². The zero-order valence-electron chi connectivity index (χ0n) is 12.7.